The Hall–Kier alpha value is -2.40. The minimum atomic E-state index is -4.63. The third-order valence-electron chi connectivity index (χ3n) is 3.71. The van der Waals surface area contributed by atoms with Crippen molar-refractivity contribution in [3.63, 3.8) is 0 Å². The summed E-state index contributed by atoms with van der Waals surface area (Å²) in [5, 5.41) is 6.48. The minimum absolute atomic E-state index is 0.0282. The topological polar surface area (TPSA) is 127 Å². The van der Waals surface area contributed by atoms with Crippen molar-refractivity contribution in [1.29, 1.82) is 1.43 Å². The lowest BCUT2D eigenvalue weighted by Crippen LogP contribution is -2.58. The fourth-order valence-corrected chi connectivity index (χ4v) is 2.55. The first kappa shape index (κ1) is 8.56. The number of rotatable bonds is 5. The predicted octanol–water partition coefficient (Wildman–Crippen LogP) is 3.51. The number of ether oxygens (including phenoxy) is 3. The number of oxime groups is 1. The lowest BCUT2D eigenvalue weighted by molar-refractivity contribution is -0.133. The van der Waals surface area contributed by atoms with E-state index in [0.29, 0.717) is 0 Å². The fourth-order valence-electron chi connectivity index (χ4n) is 2.55. The minimum Gasteiger partial charge on any atom is -0.465 e. The Morgan fingerprint density at radius 1 is 1.25 bits per heavy atom. The Morgan fingerprint density at radius 2 is 2.00 bits per heavy atom. The Balaban J connectivity index is 0.000000787. The number of hydrogen-bond acceptors (Lipinski definition) is 9. The second-order valence-corrected chi connectivity index (χ2v) is 7.52. The van der Waals surface area contributed by atoms with Crippen molar-refractivity contribution < 1.29 is 79.7 Å². The van der Waals surface area contributed by atoms with Gasteiger partial charge in [-0.2, -0.15) is 0 Å². The Morgan fingerprint density at radius 3 is 2.58 bits per heavy atom. The highest BCUT2D eigenvalue weighted by Gasteiger charge is 2.45. The summed E-state index contributed by atoms with van der Waals surface area (Å²) < 4.78 is 254. The molecule has 0 aromatic rings. The highest BCUT2D eigenvalue weighted by atomic mass is 16.6. The number of carboxylic acid groups (broad SMARTS) is 1. The fraction of sp³-hybridized carbons (Fsp3) is 0.840. The molecule has 3 atom stereocenters. The molecular formula is C25H45N3O8. The Kier molecular flexibility index (Phi) is 3.28. The quantitative estimate of drug-likeness (QED) is 0.519. The van der Waals surface area contributed by atoms with Gasteiger partial charge >= 0.3 is 12.2 Å². The van der Waals surface area contributed by atoms with E-state index >= 15 is 0 Å². The molecule has 0 spiro atoms. The smallest absolute Gasteiger partial charge is 0.410 e. The van der Waals surface area contributed by atoms with Gasteiger partial charge in [0.05, 0.1) is 45.9 Å². The molecule has 2 rings (SSSR count). The van der Waals surface area contributed by atoms with Crippen molar-refractivity contribution in [2.75, 3.05) is 53.8 Å². The molecule has 2 amide bonds. The van der Waals surface area contributed by atoms with E-state index in [9.17, 15) is 14.4 Å². The Labute approximate surface area is 258 Å². The van der Waals surface area contributed by atoms with E-state index in [4.69, 9.17) is 47.3 Å². The number of ketones is 1. The molecule has 0 aliphatic carbocycles. The zero-order valence-electron chi connectivity index (χ0n) is 50.3. The molecule has 1 N–H and O–H groups in total. The van der Waals surface area contributed by atoms with Crippen LogP contribution in [0.5, 0.6) is 0 Å². The van der Waals surface area contributed by atoms with Crippen molar-refractivity contribution in [3.05, 3.63) is 0 Å². The van der Waals surface area contributed by atoms with Gasteiger partial charge in [-0.15, -0.1) is 0 Å². The number of likely N-dealkylation sites (tertiary alicyclic amines) is 2. The van der Waals surface area contributed by atoms with Crippen molar-refractivity contribution >= 4 is 23.7 Å². The average molecular weight is 547 g/mol. The van der Waals surface area contributed by atoms with Crippen LogP contribution < -0.4 is 0 Å². The van der Waals surface area contributed by atoms with Crippen molar-refractivity contribution in [2.45, 2.75) is 65.7 Å². The summed E-state index contributed by atoms with van der Waals surface area (Å²) in [5.74, 6) is -8.69. The summed E-state index contributed by atoms with van der Waals surface area (Å²) in [4.78, 5) is 41.0. The average Bonchev–Trinajstić information content (AvgIpc) is 3.04. The number of nitrogens with zero attached hydrogens (tertiary/aromatic N) is 3. The number of carbonyl (C=O) groups excluding carboxylic acids is 2. The second-order valence-electron chi connectivity index (χ2n) is 7.52. The van der Waals surface area contributed by atoms with E-state index in [1.54, 1.807) is 0 Å². The first-order valence-electron chi connectivity index (χ1n) is 24.8. The maximum Gasteiger partial charge on any atom is 0.410 e. The van der Waals surface area contributed by atoms with Gasteiger partial charge in [-0.05, 0) is 26.0 Å². The van der Waals surface area contributed by atoms with Gasteiger partial charge in [0.1, 0.15) is 18.4 Å². The molecule has 36 heavy (non-hydrogen) atoms. The molecule has 11 nitrogen and oxygen atoms in total. The summed E-state index contributed by atoms with van der Waals surface area (Å²) in [6.45, 7) is -26.4. The number of carbonyl (C=O) groups is 3. The number of Topliss-reactive ketones (excluding diaryl/α,β-unsaturated/α-hetero) is 1. The summed E-state index contributed by atoms with van der Waals surface area (Å²) >= 11 is 0. The Bertz CT molecular complexity index is 1860. The molecule has 2 aliphatic heterocycles. The molecule has 2 saturated heterocycles. The standard InChI is InChI=1S/C13H24N2O4.C12H21NO4/c1-13(2,3)19-12(16)15-7-6-11(14-18-5)10(8-15)9-17-4;1-12(2,3)10-8(7-17-4)9(14)5-6-13(10)11(15)16/h10H,6-9H2,1-5H3;8,10H,5-7H2,1-4H3,(H,15,16)/b14-11-;/i1D3,2D3,3D3,4D3,5D3,6D2,7D2,8D2,9D2,10D;5D2,6D2,8D,10D/hD. The molecule has 2 aliphatic rings. The molecule has 0 aromatic carbocycles. The molecule has 0 bridgehead atoms. The van der Waals surface area contributed by atoms with Gasteiger partial charge in [0.2, 0.25) is 0 Å². The molecular weight excluding hydrogens is 470 g/mol. The second kappa shape index (κ2) is 13.8. The molecule has 0 radical (unpaired) electrons. The van der Waals surface area contributed by atoms with Crippen molar-refractivity contribution in [2.24, 2.45) is 22.4 Å². The number of piperidine rings is 2. The van der Waals surface area contributed by atoms with Crippen LogP contribution in [0, 0.1) is 17.2 Å². The van der Waals surface area contributed by atoms with E-state index < -0.39 is 137 Å². The van der Waals surface area contributed by atoms with Crippen LogP contribution in [0.4, 0.5) is 9.59 Å². The van der Waals surface area contributed by atoms with Gasteiger partial charge < -0.3 is 34.0 Å². The van der Waals surface area contributed by atoms with E-state index in [1.165, 1.54) is 20.8 Å². The number of hydrogen-bond donors (Lipinski definition) is 1. The summed E-state index contributed by atoms with van der Waals surface area (Å²) in [6.07, 6.45) is -12.2. The molecule has 3 unspecified atom stereocenters. The first-order valence-corrected chi connectivity index (χ1v) is 9.39. The van der Waals surface area contributed by atoms with Crippen LogP contribution in [0.3, 0.4) is 0 Å². The van der Waals surface area contributed by atoms with E-state index in [2.05, 4.69) is 24.6 Å². The number of amides is 2. The van der Waals surface area contributed by atoms with Crippen LogP contribution in [0.25, 0.3) is 1.43 Å². The monoisotopic (exact) mass is 547 g/mol. The van der Waals surface area contributed by atoms with Gasteiger partial charge in [0.15, 0.2) is 0 Å². The first-order chi connectivity index (χ1) is 28.9. The number of methoxy groups -OCH3 is 2. The van der Waals surface area contributed by atoms with Gasteiger partial charge in [-0.3, -0.25) is 4.79 Å². The van der Waals surface area contributed by atoms with E-state index in [-0.39, 0.29) is 4.90 Å². The molecule has 208 valence electrons. The zero-order valence-corrected chi connectivity index (χ0v) is 19.3. The van der Waals surface area contributed by atoms with Crippen molar-refractivity contribution in [3.8, 4) is 0 Å². The van der Waals surface area contributed by atoms with Crippen LogP contribution in [0.2, 0.25) is 0 Å². The van der Waals surface area contributed by atoms with E-state index in [1.807, 2.05) is 0 Å². The maximum atomic E-state index is 13.4. The van der Waals surface area contributed by atoms with Crippen LogP contribution >= 0.6 is 0 Å². The van der Waals surface area contributed by atoms with Crippen molar-refractivity contribution in [1.82, 2.24) is 9.80 Å². The van der Waals surface area contributed by atoms with Gasteiger partial charge in [-0.1, -0.05) is 25.9 Å². The predicted molar refractivity (Wildman–Crippen MR) is 135 cm³/mol. The highest BCUT2D eigenvalue weighted by Crippen LogP contribution is 2.34. The normalized spacial score (nSPS) is 52.1. The third-order valence-corrected chi connectivity index (χ3v) is 3.71. The van der Waals surface area contributed by atoms with Crippen LogP contribution in [0.15, 0.2) is 5.16 Å². The molecule has 0 saturated carbocycles. The van der Waals surface area contributed by atoms with Crippen LogP contribution in [0.1, 0.15) is 95.2 Å². The summed E-state index contributed by atoms with van der Waals surface area (Å²) in [7, 11) is -6.43. The maximum absolute atomic E-state index is 13.4. The lowest BCUT2D eigenvalue weighted by atomic mass is 9.74. The molecule has 11 heteroatoms. The molecule has 2 fully saturated rings. The van der Waals surface area contributed by atoms with Crippen LogP contribution in [-0.2, 0) is 23.8 Å². The lowest BCUT2D eigenvalue weighted by Gasteiger charge is -2.45. The van der Waals surface area contributed by atoms with Gasteiger partial charge in [0, 0.05) is 78.3 Å². The zero-order chi connectivity index (χ0) is 54.4. The molecule has 0 aromatic heterocycles. The highest BCUT2D eigenvalue weighted by molar-refractivity contribution is 5.88. The largest absolute Gasteiger partial charge is 0.465 e. The summed E-state index contributed by atoms with van der Waals surface area (Å²) in [5.41, 5.74) is -8.17. The SMILES string of the molecule is [2H]C([2H])([2H])O/N=C1/C([2H])([2H])C([2H])([2H])N(C(=O)OC(C([2H])([2H])[2H])(C([2H])([2H])[2H])C([2H])([2H])[2H])C([2H])([2H])C1([2H])C([2H])([2H])OC([2H])([2H])[2H].[2H]OC(=O)N1C([2H])([2H])C([2H])([2H])C(=O)C([2H])(COC)C1([2H])C(C)(C)C. The third kappa shape index (κ3) is 9.57. The van der Waals surface area contributed by atoms with Crippen LogP contribution in [-0.4, -0.2) is 104 Å². The summed E-state index contributed by atoms with van der Waals surface area (Å²) in [6, 6.07) is -2.61. The van der Waals surface area contributed by atoms with E-state index in [0.717, 1.165) is 7.11 Å². The van der Waals surface area contributed by atoms with Gasteiger partial charge in [0.25, 0.3) is 1.43 Å². The molecule has 2 heterocycles. The van der Waals surface area contributed by atoms with Gasteiger partial charge in [-0.25, -0.2) is 9.59 Å².